The SMILES string of the molecule is COC(=O)CCN1C(=O)N(c2ccc(Cl)cc2)[C@H](n2oc(=O)n(-c3ccc(Cl)cc3)c2=O)C1(C)C. The van der Waals surface area contributed by atoms with E-state index < -0.39 is 35.2 Å². The van der Waals surface area contributed by atoms with Crippen molar-refractivity contribution >= 4 is 40.9 Å². The molecule has 0 spiro atoms. The van der Waals surface area contributed by atoms with Crippen LogP contribution in [0.4, 0.5) is 10.5 Å². The van der Waals surface area contributed by atoms with Gasteiger partial charge < -0.3 is 14.2 Å². The maximum absolute atomic E-state index is 13.6. The Morgan fingerprint density at radius 3 is 2.06 bits per heavy atom. The third-order valence-electron chi connectivity index (χ3n) is 5.93. The molecule has 2 heterocycles. The lowest BCUT2D eigenvalue weighted by Gasteiger charge is -2.33. The van der Waals surface area contributed by atoms with Gasteiger partial charge in [-0.2, -0.15) is 4.57 Å². The van der Waals surface area contributed by atoms with E-state index in [0.29, 0.717) is 15.7 Å². The molecule has 0 saturated carbocycles. The number of urea groups is 1. The second-order valence-electron chi connectivity index (χ2n) is 8.41. The number of aromatic nitrogens is 2. The van der Waals surface area contributed by atoms with Gasteiger partial charge in [0.25, 0.3) is 0 Å². The number of halogens is 2. The number of esters is 1. The van der Waals surface area contributed by atoms with E-state index in [1.54, 1.807) is 38.1 Å². The summed E-state index contributed by atoms with van der Waals surface area (Å²) in [5.41, 5.74) is -1.19. The quantitative estimate of drug-likeness (QED) is 0.458. The highest BCUT2D eigenvalue weighted by Crippen LogP contribution is 2.42. The number of benzene rings is 2. The maximum Gasteiger partial charge on any atom is 0.447 e. The van der Waals surface area contributed by atoms with Gasteiger partial charge in [0.2, 0.25) is 0 Å². The van der Waals surface area contributed by atoms with Gasteiger partial charge in [0.15, 0.2) is 6.17 Å². The molecule has 35 heavy (non-hydrogen) atoms. The van der Waals surface area contributed by atoms with Gasteiger partial charge >= 0.3 is 23.4 Å². The van der Waals surface area contributed by atoms with Crippen LogP contribution in [0.1, 0.15) is 26.4 Å². The number of methoxy groups -OCH3 is 1. The molecule has 0 radical (unpaired) electrons. The van der Waals surface area contributed by atoms with Crippen molar-refractivity contribution in [2.75, 3.05) is 18.6 Å². The zero-order valence-electron chi connectivity index (χ0n) is 19.1. The van der Waals surface area contributed by atoms with Crippen molar-refractivity contribution in [3.8, 4) is 5.69 Å². The summed E-state index contributed by atoms with van der Waals surface area (Å²) in [6.07, 6.45) is -1.13. The lowest BCUT2D eigenvalue weighted by molar-refractivity contribution is -0.141. The fourth-order valence-corrected chi connectivity index (χ4v) is 4.42. The smallest absolute Gasteiger partial charge is 0.447 e. The third kappa shape index (κ3) is 4.35. The van der Waals surface area contributed by atoms with Crippen LogP contribution >= 0.6 is 23.2 Å². The number of anilines is 1. The second-order valence-corrected chi connectivity index (χ2v) is 9.28. The number of carbonyl (C=O) groups excluding carboxylic acids is 2. The average Bonchev–Trinajstić information content (AvgIpc) is 3.21. The van der Waals surface area contributed by atoms with Gasteiger partial charge in [0.05, 0.1) is 24.8 Å². The normalized spacial score (nSPS) is 17.2. The molecule has 0 aliphatic carbocycles. The van der Waals surface area contributed by atoms with Crippen LogP contribution in [-0.2, 0) is 9.53 Å². The first kappa shape index (κ1) is 24.6. The van der Waals surface area contributed by atoms with Gasteiger partial charge in [0.1, 0.15) is 0 Å². The third-order valence-corrected chi connectivity index (χ3v) is 6.43. The van der Waals surface area contributed by atoms with Crippen LogP contribution in [0.15, 0.2) is 62.6 Å². The Labute approximate surface area is 209 Å². The lowest BCUT2D eigenvalue weighted by atomic mass is 10.00. The molecule has 1 aliphatic rings. The van der Waals surface area contributed by atoms with Crippen LogP contribution in [0.2, 0.25) is 10.0 Å². The molecule has 1 fully saturated rings. The van der Waals surface area contributed by atoms with Crippen LogP contribution in [0.5, 0.6) is 0 Å². The molecule has 0 N–H and O–H groups in total. The predicted octanol–water partition coefficient (Wildman–Crippen LogP) is 3.68. The monoisotopic (exact) mass is 520 g/mol. The number of nitrogens with zero attached hydrogens (tertiary/aromatic N) is 4. The second kappa shape index (κ2) is 9.27. The van der Waals surface area contributed by atoms with Crippen molar-refractivity contribution in [1.82, 2.24) is 14.2 Å². The molecule has 2 aromatic carbocycles. The van der Waals surface area contributed by atoms with Crippen LogP contribution in [0.3, 0.4) is 0 Å². The van der Waals surface area contributed by atoms with Crippen LogP contribution in [0.25, 0.3) is 5.69 Å². The van der Waals surface area contributed by atoms with Crippen LogP contribution in [0, 0.1) is 0 Å². The minimum absolute atomic E-state index is 0.0238. The molecule has 1 aliphatic heterocycles. The Kier molecular flexibility index (Phi) is 6.52. The van der Waals surface area contributed by atoms with E-state index >= 15 is 0 Å². The topological polar surface area (TPSA) is 107 Å². The summed E-state index contributed by atoms with van der Waals surface area (Å²) in [7, 11) is 1.26. The minimum atomic E-state index is -1.09. The molecule has 12 heteroatoms. The molecule has 184 valence electrons. The number of rotatable bonds is 6. The molecule has 1 aromatic heterocycles. The molecule has 3 aromatic rings. The van der Waals surface area contributed by atoms with Gasteiger partial charge in [-0.15, -0.1) is 4.74 Å². The van der Waals surface area contributed by atoms with E-state index in [0.717, 1.165) is 9.31 Å². The molecule has 4 rings (SSSR count). The highest BCUT2D eigenvalue weighted by molar-refractivity contribution is 6.30. The van der Waals surface area contributed by atoms with E-state index in [1.165, 1.54) is 41.2 Å². The number of carbonyl (C=O) groups is 2. The molecule has 2 amide bonds. The Morgan fingerprint density at radius 1 is 0.971 bits per heavy atom. The van der Waals surface area contributed by atoms with Gasteiger partial charge in [0, 0.05) is 22.3 Å². The Bertz CT molecular complexity index is 1370. The summed E-state index contributed by atoms with van der Waals surface area (Å²) in [6, 6.07) is 12.0. The zero-order chi connectivity index (χ0) is 25.5. The van der Waals surface area contributed by atoms with E-state index in [4.69, 9.17) is 32.5 Å². The molecule has 0 bridgehead atoms. The number of ether oxygens (including phenoxy) is 1. The van der Waals surface area contributed by atoms with Crippen LogP contribution < -0.4 is 16.3 Å². The highest BCUT2D eigenvalue weighted by atomic mass is 35.5. The van der Waals surface area contributed by atoms with Crippen molar-refractivity contribution < 1.29 is 18.8 Å². The Balaban J connectivity index is 1.86. The van der Waals surface area contributed by atoms with Gasteiger partial charge in [-0.3, -0.25) is 9.69 Å². The Morgan fingerprint density at radius 2 is 1.51 bits per heavy atom. The van der Waals surface area contributed by atoms with E-state index in [9.17, 15) is 19.2 Å². The number of hydrogen-bond donors (Lipinski definition) is 0. The van der Waals surface area contributed by atoms with E-state index in [2.05, 4.69) is 0 Å². The molecule has 10 nitrogen and oxygen atoms in total. The zero-order valence-corrected chi connectivity index (χ0v) is 20.6. The first-order chi connectivity index (χ1) is 16.6. The summed E-state index contributed by atoms with van der Waals surface area (Å²) < 4.78 is 11.9. The number of amides is 2. The first-order valence-electron chi connectivity index (χ1n) is 10.6. The highest BCUT2D eigenvalue weighted by Gasteiger charge is 2.55. The van der Waals surface area contributed by atoms with E-state index in [1.807, 2.05) is 0 Å². The lowest BCUT2D eigenvalue weighted by Crippen LogP contribution is -2.47. The number of hydrogen-bond acceptors (Lipinski definition) is 6. The largest absolute Gasteiger partial charge is 0.469 e. The fourth-order valence-electron chi connectivity index (χ4n) is 4.17. The first-order valence-corrected chi connectivity index (χ1v) is 11.4. The summed E-state index contributed by atoms with van der Waals surface area (Å²) in [5, 5.41) is 0.889. The van der Waals surface area contributed by atoms with Crippen molar-refractivity contribution in [3.63, 3.8) is 0 Å². The van der Waals surface area contributed by atoms with Gasteiger partial charge in [-0.05, 0) is 62.4 Å². The molecular weight excluding hydrogens is 499 g/mol. The standard InChI is InChI=1S/C23H22Cl2N4O6/c1-23(2)19(29-21(32)28(22(33)35-29)17-10-6-15(25)7-11-17)27(16-8-4-14(24)5-9-16)20(31)26(23)13-12-18(30)34-3/h4-11,19H,12-13H2,1-3H3/t19-/m1/s1. The summed E-state index contributed by atoms with van der Waals surface area (Å²) in [6.45, 7) is 3.46. The summed E-state index contributed by atoms with van der Waals surface area (Å²) in [4.78, 5) is 54.4. The van der Waals surface area contributed by atoms with Crippen LogP contribution in [-0.4, -0.2) is 45.4 Å². The minimum Gasteiger partial charge on any atom is -0.469 e. The molecule has 1 atom stereocenters. The molecule has 0 unspecified atom stereocenters. The summed E-state index contributed by atoms with van der Waals surface area (Å²) >= 11 is 12.0. The molecule has 1 saturated heterocycles. The van der Waals surface area contributed by atoms with Gasteiger partial charge in [-0.1, -0.05) is 23.2 Å². The fraction of sp³-hybridized carbons (Fsp3) is 0.304. The average molecular weight is 521 g/mol. The van der Waals surface area contributed by atoms with Crippen molar-refractivity contribution in [2.45, 2.75) is 32.0 Å². The maximum atomic E-state index is 13.6. The van der Waals surface area contributed by atoms with Crippen molar-refractivity contribution in [3.05, 3.63) is 79.6 Å². The predicted molar refractivity (Wildman–Crippen MR) is 129 cm³/mol. The summed E-state index contributed by atoms with van der Waals surface area (Å²) in [5.74, 6) is -1.42. The van der Waals surface area contributed by atoms with Crippen molar-refractivity contribution in [2.24, 2.45) is 0 Å². The Hall–Kier alpha value is -3.50. The van der Waals surface area contributed by atoms with Gasteiger partial charge in [-0.25, -0.2) is 14.4 Å². The molecular formula is C23H22Cl2N4O6. The van der Waals surface area contributed by atoms with E-state index in [-0.39, 0.29) is 18.7 Å². The van der Waals surface area contributed by atoms with Crippen molar-refractivity contribution in [1.29, 1.82) is 0 Å².